The highest BCUT2D eigenvalue weighted by Crippen LogP contribution is 2.49. The lowest BCUT2D eigenvalue weighted by molar-refractivity contribution is 0.107. The third-order valence-electron chi connectivity index (χ3n) is 10.1. The summed E-state index contributed by atoms with van der Waals surface area (Å²) in [5.41, 5.74) is -0.639. The molecule has 0 amide bonds. The number of aromatic nitrogens is 2. The summed E-state index contributed by atoms with van der Waals surface area (Å²) in [4.78, 5) is 13.6. The zero-order chi connectivity index (χ0) is 31.0. The second-order valence-corrected chi connectivity index (χ2v) is 13.2. The molecule has 45 heavy (non-hydrogen) atoms. The minimum absolute atomic E-state index is 0.0342. The van der Waals surface area contributed by atoms with E-state index in [9.17, 15) is 9.50 Å². The number of methoxy groups -OCH3 is 1. The van der Waals surface area contributed by atoms with Crippen molar-refractivity contribution in [3.8, 4) is 28.6 Å². The van der Waals surface area contributed by atoms with Crippen molar-refractivity contribution >= 4 is 39.1 Å². The molecule has 0 aliphatic carbocycles. The Labute approximate surface area is 263 Å². The van der Waals surface area contributed by atoms with Gasteiger partial charge >= 0.3 is 6.01 Å². The monoisotopic (exact) mass is 639 g/mol. The van der Waals surface area contributed by atoms with Crippen molar-refractivity contribution in [3.63, 3.8) is 0 Å². The molecular formula is C33H33ClF3N5O3. The van der Waals surface area contributed by atoms with E-state index in [1.54, 1.807) is 6.07 Å². The molecule has 4 aromatic rings. The zero-order valence-corrected chi connectivity index (χ0v) is 25.5. The van der Waals surface area contributed by atoms with E-state index in [1.807, 2.05) is 0 Å². The molecule has 4 fully saturated rings. The average molecular weight is 640 g/mol. The maximum absolute atomic E-state index is 17.0. The van der Waals surface area contributed by atoms with E-state index in [-0.39, 0.29) is 68.6 Å². The predicted octanol–water partition coefficient (Wildman–Crippen LogP) is 5.99. The number of nitrogens with one attached hydrogen (secondary N) is 1. The van der Waals surface area contributed by atoms with E-state index in [0.29, 0.717) is 37.3 Å². The van der Waals surface area contributed by atoms with E-state index in [0.717, 1.165) is 32.2 Å². The van der Waals surface area contributed by atoms with Crippen molar-refractivity contribution < 1.29 is 27.8 Å². The molecule has 2 N–H and O–H groups in total. The Kier molecular flexibility index (Phi) is 6.92. The van der Waals surface area contributed by atoms with Crippen LogP contribution in [0.1, 0.15) is 32.1 Å². The van der Waals surface area contributed by atoms with Crippen molar-refractivity contribution in [2.45, 2.75) is 55.9 Å². The van der Waals surface area contributed by atoms with Crippen molar-refractivity contribution in [2.75, 3.05) is 44.8 Å². The molecule has 1 aromatic heterocycles. The van der Waals surface area contributed by atoms with Crippen LogP contribution in [0.5, 0.6) is 17.5 Å². The van der Waals surface area contributed by atoms with Crippen LogP contribution in [0.25, 0.3) is 32.8 Å². The first-order valence-corrected chi connectivity index (χ1v) is 15.8. The molecule has 8 nitrogen and oxygen atoms in total. The summed E-state index contributed by atoms with van der Waals surface area (Å²) in [6.07, 6.45) is 3.22. The van der Waals surface area contributed by atoms with Gasteiger partial charge in [-0.05, 0) is 55.8 Å². The SMILES string of the molecule is COc1c(Cl)c(-c2cc(O)cc3cccc(F)c23)c(F)c2nc(OC[C@@]34CCCN3C[C@H](F)C4)nc(N3CC4CCC(C3)N4)c12. The third-order valence-corrected chi connectivity index (χ3v) is 10.4. The van der Waals surface area contributed by atoms with Crippen LogP contribution >= 0.6 is 11.6 Å². The van der Waals surface area contributed by atoms with Crippen LogP contribution in [0.3, 0.4) is 0 Å². The normalized spacial score (nSPS) is 26.2. The van der Waals surface area contributed by atoms with Crippen molar-refractivity contribution in [3.05, 3.63) is 47.0 Å². The second kappa shape index (κ2) is 10.8. The largest absolute Gasteiger partial charge is 0.508 e. The number of nitrogens with zero attached hydrogens (tertiary/aromatic N) is 4. The van der Waals surface area contributed by atoms with Gasteiger partial charge in [-0.3, -0.25) is 4.90 Å². The van der Waals surface area contributed by atoms with E-state index in [4.69, 9.17) is 26.1 Å². The van der Waals surface area contributed by atoms with Gasteiger partial charge in [-0.1, -0.05) is 23.7 Å². The summed E-state index contributed by atoms with van der Waals surface area (Å²) in [7, 11) is 1.43. The third kappa shape index (κ3) is 4.65. The standard InChI is InChI=1S/C33H33ClF3N5O3/c1-44-30-26-29(28(37)25(27(30)34)22-11-21(43)10-17-4-2-5-23(36)24(17)22)39-32(40-31(26)41-14-19-6-7-20(15-41)38-19)45-16-33-8-3-9-42(33)13-18(35)12-33/h2,4-5,10-11,18-20,38,43H,3,6-9,12-16H2,1H3/t18-,19?,20?,33+/m1/s1. The molecule has 2 bridgehead atoms. The van der Waals surface area contributed by atoms with E-state index in [1.165, 1.54) is 31.4 Å². The molecule has 4 atom stereocenters. The number of aromatic hydroxyl groups is 1. The Bertz CT molecular complexity index is 1830. The maximum atomic E-state index is 17.0. The number of rotatable bonds is 6. The van der Waals surface area contributed by atoms with Gasteiger partial charge < -0.3 is 24.8 Å². The van der Waals surface area contributed by atoms with Gasteiger partial charge in [0.05, 0.1) is 23.1 Å². The fourth-order valence-electron chi connectivity index (χ4n) is 8.14. The summed E-state index contributed by atoms with van der Waals surface area (Å²) in [5.74, 6) is -1.02. The van der Waals surface area contributed by atoms with Gasteiger partial charge in [0.15, 0.2) is 11.6 Å². The van der Waals surface area contributed by atoms with Gasteiger partial charge in [0.25, 0.3) is 0 Å². The molecule has 4 saturated heterocycles. The first-order valence-electron chi connectivity index (χ1n) is 15.5. The van der Waals surface area contributed by atoms with Crippen LogP contribution in [-0.4, -0.2) is 83.7 Å². The van der Waals surface area contributed by atoms with Gasteiger partial charge in [-0.15, -0.1) is 0 Å². The topological polar surface area (TPSA) is 83.0 Å². The fourth-order valence-corrected chi connectivity index (χ4v) is 8.49. The molecule has 236 valence electrons. The van der Waals surface area contributed by atoms with Crippen LogP contribution in [0.4, 0.5) is 19.0 Å². The molecule has 2 unspecified atom stereocenters. The van der Waals surface area contributed by atoms with Crippen LogP contribution in [0.2, 0.25) is 5.02 Å². The highest BCUT2D eigenvalue weighted by atomic mass is 35.5. The van der Waals surface area contributed by atoms with Gasteiger partial charge in [-0.25, -0.2) is 13.2 Å². The molecule has 0 saturated carbocycles. The molecule has 0 radical (unpaired) electrons. The number of fused-ring (bicyclic) bond motifs is 5. The summed E-state index contributed by atoms with van der Waals surface area (Å²) >= 11 is 6.95. The molecular weight excluding hydrogens is 607 g/mol. The number of anilines is 1. The smallest absolute Gasteiger partial charge is 0.319 e. The summed E-state index contributed by atoms with van der Waals surface area (Å²) in [5, 5.41) is 14.8. The van der Waals surface area contributed by atoms with Crippen molar-refractivity contribution in [2.24, 2.45) is 0 Å². The Hall–Kier alpha value is -3.54. The predicted molar refractivity (Wildman–Crippen MR) is 166 cm³/mol. The Morgan fingerprint density at radius 3 is 2.69 bits per heavy atom. The fraction of sp³-hybridized carbons (Fsp3) is 0.455. The maximum Gasteiger partial charge on any atom is 0.319 e. The van der Waals surface area contributed by atoms with Crippen molar-refractivity contribution in [1.82, 2.24) is 20.2 Å². The minimum Gasteiger partial charge on any atom is -0.508 e. The Morgan fingerprint density at radius 1 is 1.11 bits per heavy atom. The van der Waals surface area contributed by atoms with Gasteiger partial charge in [-0.2, -0.15) is 9.97 Å². The summed E-state index contributed by atoms with van der Waals surface area (Å²) in [6.45, 7) is 2.62. The van der Waals surface area contributed by atoms with Crippen LogP contribution in [0, 0.1) is 11.6 Å². The number of hydrogen-bond donors (Lipinski definition) is 2. The van der Waals surface area contributed by atoms with Crippen LogP contribution in [0.15, 0.2) is 30.3 Å². The lowest BCUT2D eigenvalue weighted by Crippen LogP contribution is -2.51. The minimum atomic E-state index is -0.928. The number of phenolic OH excluding ortho intramolecular Hbond substituents is 1. The molecule has 4 aliphatic heterocycles. The van der Waals surface area contributed by atoms with Crippen molar-refractivity contribution in [1.29, 1.82) is 0 Å². The molecule has 8 rings (SSSR count). The van der Waals surface area contributed by atoms with Gasteiger partial charge in [0.2, 0.25) is 0 Å². The molecule has 12 heteroatoms. The number of halogens is 4. The summed E-state index contributed by atoms with van der Waals surface area (Å²) in [6, 6.07) is 7.58. The van der Waals surface area contributed by atoms with Crippen LogP contribution < -0.4 is 19.7 Å². The van der Waals surface area contributed by atoms with Gasteiger partial charge in [0.1, 0.15) is 35.7 Å². The number of phenols is 1. The zero-order valence-electron chi connectivity index (χ0n) is 24.8. The van der Waals surface area contributed by atoms with E-state index in [2.05, 4.69) is 20.1 Å². The highest BCUT2D eigenvalue weighted by Gasteiger charge is 2.49. The van der Waals surface area contributed by atoms with Gasteiger partial charge in [0, 0.05) is 54.7 Å². The second-order valence-electron chi connectivity index (χ2n) is 12.8. The number of alkyl halides is 1. The summed E-state index contributed by atoms with van der Waals surface area (Å²) < 4.78 is 58.9. The van der Waals surface area contributed by atoms with E-state index < -0.39 is 23.3 Å². The first kappa shape index (κ1) is 28.9. The van der Waals surface area contributed by atoms with E-state index >= 15 is 8.78 Å². The lowest BCUT2D eigenvalue weighted by atomic mass is 9.95. The molecule has 3 aromatic carbocycles. The Morgan fingerprint density at radius 2 is 1.91 bits per heavy atom. The van der Waals surface area contributed by atoms with Crippen LogP contribution in [-0.2, 0) is 0 Å². The highest BCUT2D eigenvalue weighted by molar-refractivity contribution is 6.37. The lowest BCUT2D eigenvalue weighted by Gasteiger charge is -2.35. The number of benzene rings is 3. The number of hydrogen-bond acceptors (Lipinski definition) is 8. The molecule has 0 spiro atoms. The first-order chi connectivity index (χ1) is 21.7. The Balaban J connectivity index is 1.33. The number of ether oxygens (including phenoxy) is 2. The molecule has 5 heterocycles. The molecule has 4 aliphatic rings. The quantitative estimate of drug-likeness (QED) is 0.266. The number of piperazine rings is 1. The average Bonchev–Trinajstić information content (AvgIpc) is 3.66.